The molecular weight excluding hydrogens is 570 g/mol. The number of nitrogens with zero attached hydrogens (tertiary/aromatic N) is 4. The van der Waals surface area contributed by atoms with E-state index in [0.717, 1.165) is 23.6 Å². The van der Waals surface area contributed by atoms with Crippen molar-refractivity contribution in [1.82, 2.24) is 30.5 Å². The van der Waals surface area contributed by atoms with Crippen LogP contribution < -0.4 is 10.7 Å². The number of hydrazine groups is 1. The maximum absolute atomic E-state index is 15.2. The van der Waals surface area contributed by atoms with Crippen molar-refractivity contribution in [2.45, 2.75) is 63.8 Å². The Labute approximate surface area is 247 Å². The molecule has 4 N–H and O–H groups in total. The molecule has 0 aliphatic rings. The average Bonchev–Trinajstić information content (AvgIpc) is 3.44. The fraction of sp³-hybridized carbons (Fsp3) is 0.393. The number of halogens is 2. The molecule has 1 unspecified atom stereocenters. The maximum Gasteiger partial charge on any atom is 0.426 e. The quantitative estimate of drug-likeness (QED) is 0.138. The first-order valence-corrected chi connectivity index (χ1v) is 13.6. The number of hydrogen-bond donors (Lipinski definition) is 4. The van der Waals surface area contributed by atoms with Crippen LogP contribution in [0.3, 0.4) is 0 Å². The second kappa shape index (κ2) is 14.1. The van der Waals surface area contributed by atoms with E-state index in [1.807, 2.05) is 6.92 Å². The van der Waals surface area contributed by atoms with Gasteiger partial charge in [0.25, 0.3) is 0 Å². The molecule has 0 spiro atoms. The van der Waals surface area contributed by atoms with Crippen LogP contribution in [0.25, 0.3) is 0 Å². The van der Waals surface area contributed by atoms with Crippen molar-refractivity contribution in [3.05, 3.63) is 83.9 Å². The lowest BCUT2D eigenvalue weighted by molar-refractivity contribution is -0.143. The minimum absolute atomic E-state index is 0.00228. The van der Waals surface area contributed by atoms with E-state index in [9.17, 15) is 24.2 Å². The smallest absolute Gasteiger partial charge is 0.426 e. The van der Waals surface area contributed by atoms with Crippen molar-refractivity contribution >= 4 is 29.4 Å². The molecule has 0 bridgehead atoms. The summed E-state index contributed by atoms with van der Waals surface area (Å²) in [6.45, 7) is 4.44. The van der Waals surface area contributed by atoms with Gasteiger partial charge >= 0.3 is 12.1 Å². The summed E-state index contributed by atoms with van der Waals surface area (Å²) < 4.78 is 35.5. The number of carboxylic acids is 1. The summed E-state index contributed by atoms with van der Waals surface area (Å²) in [6, 6.07) is 10.2. The van der Waals surface area contributed by atoms with Gasteiger partial charge in [0.2, 0.25) is 0 Å². The maximum atomic E-state index is 15.2. The van der Waals surface area contributed by atoms with Gasteiger partial charge in [-0.15, -0.1) is 0 Å². The van der Waals surface area contributed by atoms with Crippen LogP contribution in [0.1, 0.15) is 44.7 Å². The Morgan fingerprint density at radius 2 is 1.93 bits per heavy atom. The highest BCUT2D eigenvalue weighted by Crippen LogP contribution is 2.32. The number of amides is 1. The number of hydrogen-bond acceptors (Lipinski definition) is 7. The van der Waals surface area contributed by atoms with Gasteiger partial charge in [0.15, 0.2) is 5.11 Å². The Balaban J connectivity index is 2.04. The molecule has 0 fully saturated rings. The number of carbonyl (C=O) groups excluding carboxylic acids is 1. The van der Waals surface area contributed by atoms with Gasteiger partial charge < -0.3 is 20.3 Å². The molecule has 0 saturated carbocycles. The monoisotopic (exact) mass is 604 g/mol. The summed E-state index contributed by atoms with van der Waals surface area (Å²) in [7, 11) is 0. The van der Waals surface area contributed by atoms with Gasteiger partial charge in [-0.1, -0.05) is 49.7 Å². The molecule has 14 heteroatoms. The van der Waals surface area contributed by atoms with Crippen molar-refractivity contribution in [1.29, 1.82) is 0 Å². The number of aliphatic carboxylic acids is 1. The Bertz CT molecular complexity index is 1370. The lowest BCUT2D eigenvalue weighted by Gasteiger charge is -2.43. The second-order valence-electron chi connectivity index (χ2n) is 10.0. The fourth-order valence-electron chi connectivity index (χ4n) is 4.29. The summed E-state index contributed by atoms with van der Waals surface area (Å²) in [5, 5.41) is 29.7. The van der Waals surface area contributed by atoms with Crippen LogP contribution in [0.4, 0.5) is 13.6 Å². The normalized spacial score (nSPS) is 14.6. The number of benzene rings is 2. The Hall–Kier alpha value is -4.17. The standard InChI is InChI=1S/C28H34F2N6O5S/c1-4-5-13-41-26(39)34-36(25(42)33-27(3,24(37)38)15-20-9-7-6-8-10-20)19(2)28(40,16-35-18-31-17-32-35)22-12-11-21(29)14-23(22)30/h6-12,14,17-19,40H,4-5,13,15-16H2,1-3H3,(H,33,42)(H,34,39)(H,37,38)/t19-,27?,28-/m1/s1. The number of aromatic nitrogens is 3. The van der Waals surface area contributed by atoms with E-state index in [0.29, 0.717) is 18.1 Å². The third kappa shape index (κ3) is 7.97. The van der Waals surface area contributed by atoms with Crippen LogP contribution in [0.15, 0.2) is 61.2 Å². The number of unbranched alkanes of at least 4 members (excludes halogenated alkanes) is 1. The SMILES string of the molecule is CCCCOC(=O)NN(C(=S)NC(C)(Cc1ccccc1)C(=O)O)[C@H](C)[C@](O)(Cn1cncn1)c1ccc(F)cc1F. The molecule has 1 heterocycles. The number of ether oxygens (including phenoxy) is 1. The van der Waals surface area contributed by atoms with E-state index in [-0.39, 0.29) is 23.7 Å². The predicted molar refractivity (Wildman–Crippen MR) is 153 cm³/mol. The largest absolute Gasteiger partial charge is 0.480 e. The molecule has 1 amide bonds. The van der Waals surface area contributed by atoms with Gasteiger partial charge in [-0.05, 0) is 44.1 Å². The Morgan fingerprint density at radius 1 is 1.21 bits per heavy atom. The van der Waals surface area contributed by atoms with E-state index < -0.39 is 47.4 Å². The predicted octanol–water partition coefficient (Wildman–Crippen LogP) is 3.54. The lowest BCUT2D eigenvalue weighted by Crippen LogP contribution is -2.65. The van der Waals surface area contributed by atoms with Crippen LogP contribution in [-0.2, 0) is 28.1 Å². The minimum atomic E-state index is -2.23. The first-order chi connectivity index (χ1) is 19.9. The zero-order valence-electron chi connectivity index (χ0n) is 23.5. The summed E-state index contributed by atoms with van der Waals surface area (Å²) in [5.74, 6) is -3.17. The van der Waals surface area contributed by atoms with Crippen LogP contribution >= 0.6 is 12.2 Å². The number of nitrogens with one attached hydrogen (secondary N) is 2. The first kappa shape index (κ1) is 32.3. The van der Waals surface area contributed by atoms with Gasteiger partial charge in [0.05, 0.1) is 19.2 Å². The van der Waals surface area contributed by atoms with Crippen molar-refractivity contribution in [3.8, 4) is 0 Å². The molecule has 11 nitrogen and oxygen atoms in total. The first-order valence-electron chi connectivity index (χ1n) is 13.2. The van der Waals surface area contributed by atoms with Crippen LogP contribution in [-0.4, -0.2) is 65.3 Å². The fourth-order valence-corrected chi connectivity index (χ4v) is 4.72. The van der Waals surface area contributed by atoms with Crippen molar-refractivity contribution in [3.63, 3.8) is 0 Å². The molecule has 0 aliphatic heterocycles. The molecule has 0 aliphatic carbocycles. The zero-order valence-corrected chi connectivity index (χ0v) is 24.3. The highest BCUT2D eigenvalue weighted by molar-refractivity contribution is 7.80. The van der Waals surface area contributed by atoms with Crippen LogP contribution in [0.2, 0.25) is 0 Å². The topological polar surface area (TPSA) is 142 Å². The van der Waals surface area contributed by atoms with E-state index in [1.54, 1.807) is 30.3 Å². The third-order valence-corrected chi connectivity index (χ3v) is 7.06. The van der Waals surface area contributed by atoms with Gasteiger partial charge in [-0.3, -0.25) is 5.01 Å². The molecule has 2 aromatic carbocycles. The lowest BCUT2D eigenvalue weighted by atomic mass is 9.86. The van der Waals surface area contributed by atoms with Crippen LogP contribution in [0, 0.1) is 11.6 Å². The van der Waals surface area contributed by atoms with Gasteiger partial charge in [0.1, 0.15) is 35.4 Å². The summed E-state index contributed by atoms with van der Waals surface area (Å²) in [4.78, 5) is 29.1. The molecule has 42 heavy (non-hydrogen) atoms. The summed E-state index contributed by atoms with van der Waals surface area (Å²) >= 11 is 5.59. The Morgan fingerprint density at radius 3 is 2.52 bits per heavy atom. The molecule has 0 radical (unpaired) electrons. The number of carbonyl (C=O) groups is 2. The van der Waals surface area contributed by atoms with Crippen molar-refractivity contribution in [2.24, 2.45) is 0 Å². The number of aliphatic hydroxyl groups is 1. The molecule has 3 atom stereocenters. The summed E-state index contributed by atoms with van der Waals surface area (Å²) in [5.41, 5.74) is -1.07. The number of thiocarbonyl (C=S) groups is 1. The average molecular weight is 605 g/mol. The van der Waals surface area contributed by atoms with Gasteiger partial charge in [-0.2, -0.15) is 5.10 Å². The van der Waals surface area contributed by atoms with Crippen LogP contribution in [0.5, 0.6) is 0 Å². The highest BCUT2D eigenvalue weighted by atomic mass is 32.1. The number of carboxylic acid groups (broad SMARTS) is 1. The van der Waals surface area contributed by atoms with Gasteiger partial charge in [-0.25, -0.2) is 33.5 Å². The van der Waals surface area contributed by atoms with E-state index >= 15 is 4.39 Å². The van der Waals surface area contributed by atoms with Crippen molar-refractivity contribution < 1.29 is 33.3 Å². The summed E-state index contributed by atoms with van der Waals surface area (Å²) in [6.07, 6.45) is 2.89. The zero-order chi connectivity index (χ0) is 30.9. The van der Waals surface area contributed by atoms with Crippen molar-refractivity contribution in [2.75, 3.05) is 6.61 Å². The Kier molecular flexibility index (Phi) is 10.9. The van der Waals surface area contributed by atoms with Gasteiger partial charge in [0, 0.05) is 18.1 Å². The van der Waals surface area contributed by atoms with E-state index in [1.165, 1.54) is 31.2 Å². The molecule has 0 saturated heterocycles. The van der Waals surface area contributed by atoms with E-state index in [4.69, 9.17) is 17.0 Å². The third-order valence-electron chi connectivity index (χ3n) is 6.76. The van der Waals surface area contributed by atoms with E-state index in [2.05, 4.69) is 20.8 Å². The molecule has 3 rings (SSSR count). The molecule has 1 aromatic heterocycles. The molecule has 226 valence electrons. The highest BCUT2D eigenvalue weighted by Gasteiger charge is 2.45. The molecular formula is C28H34F2N6O5S. The second-order valence-corrected chi connectivity index (χ2v) is 10.4. The minimum Gasteiger partial charge on any atom is -0.480 e. The number of rotatable bonds is 12. The molecule has 3 aromatic rings.